The number of fused-ring (bicyclic) bond motifs is 5. The van der Waals surface area contributed by atoms with Gasteiger partial charge in [-0.15, -0.1) is 0 Å². The van der Waals surface area contributed by atoms with Gasteiger partial charge in [-0.05, 0) is 96.8 Å². The zero-order chi connectivity index (χ0) is 25.2. The minimum Gasteiger partial charge on any atom is -0.393 e. The first kappa shape index (κ1) is 24.2. The Bertz CT molecular complexity index is 1070. The molecule has 5 nitrogen and oxygen atoms in total. The highest BCUT2D eigenvalue weighted by Gasteiger charge is 2.62. The maximum atomic E-state index is 12.4. The van der Waals surface area contributed by atoms with E-state index in [4.69, 9.17) is 0 Å². The van der Waals surface area contributed by atoms with Crippen molar-refractivity contribution in [2.24, 2.45) is 28.6 Å². The van der Waals surface area contributed by atoms with Gasteiger partial charge in [-0.3, -0.25) is 9.59 Å². The van der Waals surface area contributed by atoms with E-state index in [1.54, 1.807) is 6.92 Å². The fourth-order valence-electron chi connectivity index (χ4n) is 9.25. The molecule has 36 heavy (non-hydrogen) atoms. The van der Waals surface area contributed by atoms with Crippen LogP contribution in [0.1, 0.15) is 77.2 Å². The van der Waals surface area contributed by atoms with Gasteiger partial charge in [0.2, 0.25) is 5.91 Å². The van der Waals surface area contributed by atoms with Crippen LogP contribution >= 0.6 is 0 Å². The third kappa shape index (κ3) is 3.68. The first-order chi connectivity index (χ1) is 17.2. The van der Waals surface area contributed by atoms with E-state index >= 15 is 0 Å². The molecule has 194 valence electrons. The molecule has 6 rings (SSSR count). The maximum Gasteiger partial charge on any atom is 0.219 e. The third-order valence-corrected chi connectivity index (χ3v) is 11.3. The number of nitrogens with zero attached hydrogens (tertiary/aromatic N) is 2. The first-order valence-electron chi connectivity index (χ1n) is 14.2. The molecule has 7 unspecified atom stereocenters. The van der Waals surface area contributed by atoms with Gasteiger partial charge >= 0.3 is 0 Å². The monoisotopic (exact) mass is 490 g/mol. The molecule has 1 N–H and O–H groups in total. The Morgan fingerprint density at radius 2 is 1.72 bits per heavy atom. The lowest BCUT2D eigenvalue weighted by Gasteiger charge is -2.61. The molecule has 1 amide bonds. The summed E-state index contributed by atoms with van der Waals surface area (Å²) in [5.74, 6) is 2.59. The number of hydrogen-bond acceptors (Lipinski definition) is 4. The highest BCUT2D eigenvalue weighted by atomic mass is 16.3. The largest absolute Gasteiger partial charge is 0.393 e. The first-order valence-corrected chi connectivity index (χ1v) is 14.2. The van der Waals surface area contributed by atoms with Gasteiger partial charge in [0.25, 0.3) is 0 Å². The molecule has 1 aromatic rings. The quantitative estimate of drug-likeness (QED) is 0.638. The van der Waals surface area contributed by atoms with Crippen LogP contribution in [0.25, 0.3) is 0 Å². The summed E-state index contributed by atoms with van der Waals surface area (Å²) in [5, 5.41) is 11.2. The number of aliphatic hydroxyl groups excluding tert-OH is 1. The summed E-state index contributed by atoms with van der Waals surface area (Å²) in [4.78, 5) is 28.4. The average Bonchev–Trinajstić information content (AvgIpc) is 3.18. The number of anilines is 1. The molecule has 1 saturated heterocycles. The lowest BCUT2D eigenvalue weighted by molar-refractivity contribution is -0.129. The predicted molar refractivity (Wildman–Crippen MR) is 142 cm³/mol. The van der Waals surface area contributed by atoms with Crippen molar-refractivity contribution < 1.29 is 14.7 Å². The number of aliphatic hydroxyl groups is 1. The van der Waals surface area contributed by atoms with E-state index < -0.39 is 0 Å². The summed E-state index contributed by atoms with van der Waals surface area (Å²) in [6.07, 6.45) is 8.74. The van der Waals surface area contributed by atoms with Gasteiger partial charge in [-0.2, -0.15) is 0 Å². The number of carbonyl (C=O) groups is 2. The minimum absolute atomic E-state index is 0.0183. The molecule has 5 heteroatoms. The van der Waals surface area contributed by atoms with Gasteiger partial charge in [0.05, 0.1) is 6.10 Å². The number of piperazine rings is 1. The zero-order valence-electron chi connectivity index (χ0n) is 22.2. The molecule has 0 radical (unpaired) electrons. The molecule has 1 aliphatic heterocycles. The van der Waals surface area contributed by atoms with Gasteiger partial charge in [0, 0.05) is 45.2 Å². The number of amides is 1. The molecular weight excluding hydrogens is 448 g/mol. The normalized spacial score (nSPS) is 40.3. The van der Waals surface area contributed by atoms with Crippen LogP contribution in [0.2, 0.25) is 0 Å². The SMILES string of the molecule is CC(=O)N1CCN(c2ccc(C3CC4(C)C(O)CCC4C4CCC5=CC(=O)CCC5(C)C34)cc2)CC1. The molecule has 0 aromatic heterocycles. The summed E-state index contributed by atoms with van der Waals surface area (Å²) < 4.78 is 0. The highest BCUT2D eigenvalue weighted by molar-refractivity contribution is 5.91. The fraction of sp³-hybridized carbons (Fsp3) is 0.677. The molecule has 5 aliphatic rings. The molecular formula is C31H42N2O3. The number of rotatable bonds is 2. The van der Waals surface area contributed by atoms with Crippen molar-refractivity contribution >= 4 is 17.4 Å². The van der Waals surface area contributed by atoms with Crippen LogP contribution in [0.15, 0.2) is 35.9 Å². The van der Waals surface area contributed by atoms with Crippen molar-refractivity contribution in [2.75, 3.05) is 31.1 Å². The summed E-state index contributed by atoms with van der Waals surface area (Å²) in [5.41, 5.74) is 4.09. The van der Waals surface area contributed by atoms with Gasteiger partial charge in [-0.25, -0.2) is 0 Å². The van der Waals surface area contributed by atoms with Crippen molar-refractivity contribution in [1.29, 1.82) is 0 Å². The molecule has 0 spiro atoms. The van der Waals surface area contributed by atoms with Crippen LogP contribution in [-0.2, 0) is 9.59 Å². The molecule has 1 heterocycles. The van der Waals surface area contributed by atoms with Gasteiger partial charge in [0.15, 0.2) is 5.78 Å². The number of allylic oxidation sites excluding steroid dienone is 1. The minimum atomic E-state index is -0.208. The summed E-state index contributed by atoms with van der Waals surface area (Å²) >= 11 is 0. The highest BCUT2D eigenvalue weighted by Crippen LogP contribution is 2.68. The van der Waals surface area contributed by atoms with Gasteiger partial charge < -0.3 is 14.9 Å². The lowest BCUT2D eigenvalue weighted by atomic mass is 9.44. The lowest BCUT2D eigenvalue weighted by Crippen LogP contribution is -2.54. The number of benzene rings is 1. The van der Waals surface area contributed by atoms with Crippen LogP contribution in [0, 0.1) is 28.6 Å². The summed E-state index contributed by atoms with van der Waals surface area (Å²) in [7, 11) is 0. The van der Waals surface area contributed by atoms with E-state index in [1.807, 2.05) is 11.0 Å². The van der Waals surface area contributed by atoms with Crippen molar-refractivity contribution in [3.63, 3.8) is 0 Å². The third-order valence-electron chi connectivity index (χ3n) is 11.3. The Morgan fingerprint density at radius 3 is 2.42 bits per heavy atom. The molecule has 4 fully saturated rings. The predicted octanol–water partition coefficient (Wildman–Crippen LogP) is 4.94. The maximum absolute atomic E-state index is 12.4. The van der Waals surface area contributed by atoms with Crippen molar-refractivity contribution in [2.45, 2.75) is 77.7 Å². The Balaban J connectivity index is 1.33. The number of hydrogen-bond donors (Lipinski definition) is 1. The average molecular weight is 491 g/mol. The van der Waals surface area contributed by atoms with Crippen LogP contribution < -0.4 is 4.90 Å². The van der Waals surface area contributed by atoms with E-state index in [9.17, 15) is 14.7 Å². The second kappa shape index (κ2) is 8.72. The Kier molecular flexibility index (Phi) is 5.86. The summed E-state index contributed by atoms with van der Waals surface area (Å²) in [6.45, 7) is 9.79. The van der Waals surface area contributed by atoms with Gasteiger partial charge in [-0.1, -0.05) is 31.6 Å². The number of ketones is 1. The molecule has 7 atom stereocenters. The second-order valence-corrected chi connectivity index (χ2v) is 12.9. The van der Waals surface area contributed by atoms with Crippen molar-refractivity contribution in [3.8, 4) is 0 Å². The molecule has 1 aromatic carbocycles. The molecule has 0 bridgehead atoms. The zero-order valence-corrected chi connectivity index (χ0v) is 22.2. The van der Waals surface area contributed by atoms with Gasteiger partial charge in [0.1, 0.15) is 0 Å². The van der Waals surface area contributed by atoms with E-state index in [-0.39, 0.29) is 22.8 Å². The van der Waals surface area contributed by atoms with Crippen molar-refractivity contribution in [1.82, 2.24) is 4.90 Å². The topological polar surface area (TPSA) is 60.9 Å². The van der Waals surface area contributed by atoms with E-state index in [0.717, 1.165) is 64.7 Å². The van der Waals surface area contributed by atoms with Crippen molar-refractivity contribution in [3.05, 3.63) is 41.5 Å². The van der Waals surface area contributed by atoms with E-state index in [2.05, 4.69) is 43.0 Å². The second-order valence-electron chi connectivity index (χ2n) is 12.9. The van der Waals surface area contributed by atoms with Crippen LogP contribution in [0.3, 0.4) is 0 Å². The standard InChI is InChI=1S/C31H42N2O3/c1-20(34)32-14-16-33(17-15-32)23-7-4-21(5-8-23)26-19-31(3)27(10-11-28(31)36)25-9-6-22-18-24(35)12-13-30(22,2)29(25)26/h4-5,7-8,18,25-29,36H,6,9-17,19H2,1-3H3. The number of carbonyl (C=O) groups excluding carboxylic acids is 2. The van der Waals surface area contributed by atoms with Crippen LogP contribution in [0.5, 0.6) is 0 Å². The summed E-state index contributed by atoms with van der Waals surface area (Å²) in [6, 6.07) is 9.24. The smallest absolute Gasteiger partial charge is 0.219 e. The molecule has 4 aliphatic carbocycles. The van der Waals surface area contributed by atoms with E-state index in [0.29, 0.717) is 35.9 Å². The van der Waals surface area contributed by atoms with Crippen LogP contribution in [-0.4, -0.2) is 54.0 Å². The van der Waals surface area contributed by atoms with Crippen LogP contribution in [0.4, 0.5) is 5.69 Å². The Morgan fingerprint density at radius 1 is 1.00 bits per heavy atom. The van der Waals surface area contributed by atoms with E-state index in [1.165, 1.54) is 16.8 Å². The fourth-order valence-corrected chi connectivity index (χ4v) is 9.25. The Labute approximate surface area is 215 Å². The molecule has 3 saturated carbocycles. The Hall–Kier alpha value is -2.14.